The van der Waals surface area contributed by atoms with Crippen LogP contribution >= 0.6 is 11.5 Å². The predicted molar refractivity (Wildman–Crippen MR) is 83.9 cm³/mol. The Kier molecular flexibility index (Phi) is 3.88. The van der Waals surface area contributed by atoms with Crippen molar-refractivity contribution in [3.63, 3.8) is 0 Å². The molecule has 0 unspecified atom stereocenters. The summed E-state index contributed by atoms with van der Waals surface area (Å²) in [6, 6.07) is 8.49. The average Bonchev–Trinajstić information content (AvgIpc) is 2.93. The van der Waals surface area contributed by atoms with Crippen LogP contribution in [0.1, 0.15) is 20.9 Å². The minimum Gasteiger partial charge on any atom is -0.368 e. The van der Waals surface area contributed by atoms with E-state index in [1.54, 1.807) is 0 Å². The molecule has 1 fully saturated rings. The number of hydrogen-bond donors (Lipinski definition) is 0. The quantitative estimate of drug-likeness (QED) is 0.852. The molecule has 0 bridgehead atoms. The molecule has 0 radical (unpaired) electrons. The number of amides is 1. The molecule has 1 amide bonds. The molecule has 1 aliphatic rings. The van der Waals surface area contributed by atoms with Gasteiger partial charge in [-0.05, 0) is 43.1 Å². The molecule has 1 aliphatic heterocycles. The highest BCUT2D eigenvalue weighted by Gasteiger charge is 2.25. The molecule has 0 atom stereocenters. The van der Waals surface area contributed by atoms with Crippen molar-refractivity contribution in [2.75, 3.05) is 31.1 Å². The van der Waals surface area contributed by atoms with Gasteiger partial charge in [0.15, 0.2) is 0 Å². The van der Waals surface area contributed by atoms with Crippen molar-refractivity contribution in [1.29, 1.82) is 0 Å². The number of hydrogen-bond acceptors (Lipinski definition) is 5. The molecule has 3 rings (SSSR count). The van der Waals surface area contributed by atoms with E-state index in [1.807, 2.05) is 11.8 Å². The lowest BCUT2D eigenvalue weighted by Gasteiger charge is -2.36. The molecule has 1 aromatic carbocycles. The van der Waals surface area contributed by atoms with E-state index >= 15 is 0 Å². The lowest BCUT2D eigenvalue weighted by Crippen LogP contribution is -2.48. The van der Waals surface area contributed by atoms with Crippen LogP contribution in [0.25, 0.3) is 0 Å². The number of aromatic nitrogens is 2. The smallest absolute Gasteiger partial charge is 0.267 e. The van der Waals surface area contributed by atoms with Gasteiger partial charge in [0.05, 0.1) is 5.69 Å². The average molecular weight is 302 g/mol. The topological polar surface area (TPSA) is 49.3 Å². The Balaban J connectivity index is 1.65. The molecular weight excluding hydrogens is 284 g/mol. The van der Waals surface area contributed by atoms with E-state index in [4.69, 9.17) is 0 Å². The van der Waals surface area contributed by atoms with E-state index in [-0.39, 0.29) is 5.91 Å². The van der Waals surface area contributed by atoms with E-state index in [0.717, 1.165) is 31.9 Å². The van der Waals surface area contributed by atoms with Crippen molar-refractivity contribution in [3.05, 3.63) is 40.4 Å². The zero-order valence-electron chi connectivity index (χ0n) is 12.2. The van der Waals surface area contributed by atoms with Crippen LogP contribution in [0.4, 0.5) is 5.69 Å². The second-order valence-corrected chi connectivity index (χ2v) is 6.06. The molecule has 6 heteroatoms. The van der Waals surface area contributed by atoms with E-state index in [9.17, 15) is 4.79 Å². The van der Waals surface area contributed by atoms with Gasteiger partial charge in [0.2, 0.25) is 0 Å². The number of carbonyl (C=O) groups is 1. The largest absolute Gasteiger partial charge is 0.368 e. The first-order chi connectivity index (χ1) is 10.1. The summed E-state index contributed by atoms with van der Waals surface area (Å²) < 4.78 is 3.84. The molecule has 110 valence electrons. The maximum absolute atomic E-state index is 12.4. The Morgan fingerprint density at radius 1 is 1.19 bits per heavy atom. The lowest BCUT2D eigenvalue weighted by molar-refractivity contribution is 0.0750. The predicted octanol–water partition coefficient (Wildman–Crippen LogP) is 2.12. The van der Waals surface area contributed by atoms with Crippen molar-refractivity contribution in [3.8, 4) is 0 Å². The van der Waals surface area contributed by atoms with Crippen molar-refractivity contribution in [2.45, 2.75) is 13.8 Å². The number of aryl methyl sites for hydroxylation is 2. The number of benzene rings is 1. The summed E-state index contributed by atoms with van der Waals surface area (Å²) in [4.78, 5) is 17.3. The fraction of sp³-hybridized carbons (Fsp3) is 0.400. The SMILES string of the molecule is Cc1cccc(N2CCN(C(=O)c3snnc3C)CC2)c1. The third-order valence-electron chi connectivity index (χ3n) is 3.78. The Hall–Kier alpha value is -1.95. The van der Waals surface area contributed by atoms with Gasteiger partial charge in [-0.2, -0.15) is 0 Å². The van der Waals surface area contributed by atoms with Crippen molar-refractivity contribution < 1.29 is 4.79 Å². The maximum Gasteiger partial charge on any atom is 0.267 e. The first-order valence-corrected chi connectivity index (χ1v) is 7.82. The van der Waals surface area contributed by atoms with Gasteiger partial charge in [0.25, 0.3) is 5.91 Å². The fourth-order valence-electron chi connectivity index (χ4n) is 2.56. The van der Waals surface area contributed by atoms with Crippen LogP contribution in [0.2, 0.25) is 0 Å². The Morgan fingerprint density at radius 3 is 2.57 bits per heavy atom. The first-order valence-electron chi connectivity index (χ1n) is 7.05. The van der Waals surface area contributed by atoms with Gasteiger partial charge in [0, 0.05) is 31.9 Å². The lowest BCUT2D eigenvalue weighted by atomic mass is 10.2. The van der Waals surface area contributed by atoms with Gasteiger partial charge in [-0.1, -0.05) is 16.6 Å². The minimum atomic E-state index is 0.0615. The fourth-order valence-corrected chi connectivity index (χ4v) is 3.19. The monoisotopic (exact) mass is 302 g/mol. The molecule has 0 aliphatic carbocycles. The van der Waals surface area contributed by atoms with Gasteiger partial charge >= 0.3 is 0 Å². The van der Waals surface area contributed by atoms with Crippen molar-refractivity contribution in [2.24, 2.45) is 0 Å². The number of carbonyl (C=O) groups excluding carboxylic acids is 1. The van der Waals surface area contributed by atoms with Crippen LogP contribution < -0.4 is 4.90 Å². The van der Waals surface area contributed by atoms with Gasteiger partial charge in [-0.15, -0.1) is 5.10 Å². The summed E-state index contributed by atoms with van der Waals surface area (Å²) in [7, 11) is 0. The molecule has 0 spiro atoms. The van der Waals surface area contributed by atoms with E-state index < -0.39 is 0 Å². The summed E-state index contributed by atoms with van der Waals surface area (Å²) in [5.74, 6) is 0.0615. The van der Waals surface area contributed by atoms with Crippen LogP contribution in [0.3, 0.4) is 0 Å². The first kappa shape index (κ1) is 14.0. The second-order valence-electron chi connectivity index (χ2n) is 5.31. The van der Waals surface area contributed by atoms with E-state index in [0.29, 0.717) is 4.88 Å². The van der Waals surface area contributed by atoms with Crippen LogP contribution in [0.5, 0.6) is 0 Å². The van der Waals surface area contributed by atoms with Gasteiger partial charge in [-0.25, -0.2) is 0 Å². The van der Waals surface area contributed by atoms with E-state index in [2.05, 4.69) is 45.7 Å². The molecule has 1 aromatic heterocycles. The minimum absolute atomic E-state index is 0.0615. The van der Waals surface area contributed by atoms with E-state index in [1.165, 1.54) is 22.8 Å². The second kappa shape index (κ2) is 5.81. The van der Waals surface area contributed by atoms with Gasteiger partial charge < -0.3 is 9.80 Å². The maximum atomic E-state index is 12.4. The van der Waals surface area contributed by atoms with Crippen LogP contribution in [-0.2, 0) is 0 Å². The Labute approximate surface area is 128 Å². The standard InChI is InChI=1S/C15H18N4OS/c1-11-4-3-5-13(10-11)18-6-8-19(9-7-18)15(20)14-12(2)16-17-21-14/h3-5,10H,6-9H2,1-2H3. The highest BCUT2D eigenvalue weighted by Crippen LogP contribution is 2.19. The summed E-state index contributed by atoms with van der Waals surface area (Å²) >= 11 is 1.18. The Morgan fingerprint density at radius 2 is 1.95 bits per heavy atom. The molecule has 21 heavy (non-hydrogen) atoms. The Bertz CT molecular complexity index is 647. The normalized spacial score (nSPS) is 15.3. The molecule has 5 nitrogen and oxygen atoms in total. The van der Waals surface area contributed by atoms with Crippen LogP contribution in [-0.4, -0.2) is 46.6 Å². The summed E-state index contributed by atoms with van der Waals surface area (Å²) in [5, 5.41) is 3.92. The summed E-state index contributed by atoms with van der Waals surface area (Å²) in [6.45, 7) is 7.14. The molecule has 2 heterocycles. The number of piperazine rings is 1. The molecule has 1 saturated heterocycles. The van der Waals surface area contributed by atoms with Crippen molar-refractivity contribution in [1.82, 2.24) is 14.5 Å². The third kappa shape index (κ3) is 2.90. The van der Waals surface area contributed by atoms with Gasteiger partial charge in [-0.3, -0.25) is 4.79 Å². The molecule has 0 saturated carbocycles. The molecular formula is C15H18N4OS. The highest BCUT2D eigenvalue weighted by atomic mass is 32.1. The zero-order valence-corrected chi connectivity index (χ0v) is 13.1. The zero-order chi connectivity index (χ0) is 14.8. The molecule has 0 N–H and O–H groups in total. The summed E-state index contributed by atoms with van der Waals surface area (Å²) in [6.07, 6.45) is 0. The van der Waals surface area contributed by atoms with Crippen LogP contribution in [0.15, 0.2) is 24.3 Å². The van der Waals surface area contributed by atoms with Crippen molar-refractivity contribution >= 4 is 23.1 Å². The molecule has 2 aromatic rings. The van der Waals surface area contributed by atoms with Gasteiger partial charge in [0.1, 0.15) is 4.88 Å². The third-order valence-corrected chi connectivity index (χ3v) is 4.60. The highest BCUT2D eigenvalue weighted by molar-refractivity contribution is 7.07. The number of nitrogens with zero attached hydrogens (tertiary/aromatic N) is 4. The van der Waals surface area contributed by atoms with Crippen LogP contribution in [0, 0.1) is 13.8 Å². The number of rotatable bonds is 2. The summed E-state index contributed by atoms with van der Waals surface area (Å²) in [5.41, 5.74) is 3.22. The number of anilines is 1.